The van der Waals surface area contributed by atoms with E-state index in [1.54, 1.807) is 25.2 Å². The third-order valence-electron chi connectivity index (χ3n) is 2.80. The number of hydrogen-bond acceptors (Lipinski definition) is 2. The van der Waals surface area contributed by atoms with Crippen LogP contribution in [0.4, 0.5) is 4.39 Å². The van der Waals surface area contributed by atoms with Crippen molar-refractivity contribution in [1.29, 1.82) is 0 Å². The molecule has 0 atom stereocenters. The summed E-state index contributed by atoms with van der Waals surface area (Å²) in [6.45, 7) is 0. The van der Waals surface area contributed by atoms with E-state index in [1.165, 1.54) is 17.0 Å². The average Bonchev–Trinajstić information content (AvgIpc) is 2.69. The molecule has 0 saturated heterocycles. The Morgan fingerprint density at radius 2 is 2.11 bits per heavy atom. The Morgan fingerprint density at radius 1 is 1.39 bits per heavy atom. The van der Waals surface area contributed by atoms with Gasteiger partial charge in [0.25, 0.3) is 0 Å². The van der Waals surface area contributed by atoms with Crippen LogP contribution >= 0.6 is 0 Å². The molecule has 0 radical (unpaired) electrons. The van der Waals surface area contributed by atoms with Crippen molar-refractivity contribution >= 4 is 5.97 Å². The predicted molar refractivity (Wildman–Crippen MR) is 64.0 cm³/mol. The lowest BCUT2D eigenvalue weighted by Crippen LogP contribution is -2.08. The largest absolute Gasteiger partial charge is 0.477 e. The molecule has 18 heavy (non-hydrogen) atoms. The van der Waals surface area contributed by atoms with Gasteiger partial charge in [-0.3, -0.25) is 0 Å². The van der Waals surface area contributed by atoms with Gasteiger partial charge in [0.05, 0.1) is 12.0 Å². The molecular weight excluding hydrogens is 235 g/mol. The monoisotopic (exact) mass is 248 g/mol. The van der Waals surface area contributed by atoms with Crippen molar-refractivity contribution in [3.63, 3.8) is 0 Å². The highest BCUT2D eigenvalue weighted by atomic mass is 19.1. The molecule has 0 spiro atoms. The van der Waals surface area contributed by atoms with Crippen LogP contribution in [0, 0.1) is 5.82 Å². The zero-order valence-electron chi connectivity index (χ0n) is 9.93. The number of imidazole rings is 1. The van der Waals surface area contributed by atoms with E-state index in [2.05, 4.69) is 4.98 Å². The number of aryl methyl sites for hydroxylation is 3. The molecule has 0 fully saturated rings. The number of hydrogen-bond donors (Lipinski definition) is 1. The van der Waals surface area contributed by atoms with Crippen LogP contribution in [-0.4, -0.2) is 20.6 Å². The first kappa shape index (κ1) is 12.3. The van der Waals surface area contributed by atoms with Gasteiger partial charge in [-0.15, -0.1) is 0 Å². The molecule has 94 valence electrons. The SMILES string of the molecule is Cn1cnc(CCc2ccccc2F)c1C(=O)O. The van der Waals surface area contributed by atoms with Crippen LogP contribution in [0.5, 0.6) is 0 Å². The van der Waals surface area contributed by atoms with E-state index in [0.717, 1.165) is 0 Å². The standard InChI is InChI=1S/C13H13FN2O2/c1-16-8-15-11(12(16)13(17)18)7-6-9-4-2-3-5-10(9)14/h2-5,8H,6-7H2,1H3,(H,17,18). The Kier molecular flexibility index (Phi) is 3.41. The maximum Gasteiger partial charge on any atom is 0.354 e. The van der Waals surface area contributed by atoms with E-state index < -0.39 is 5.97 Å². The van der Waals surface area contributed by atoms with Crippen LogP contribution in [0.25, 0.3) is 0 Å². The predicted octanol–water partition coefficient (Wildman–Crippen LogP) is 2.04. The maximum atomic E-state index is 13.4. The number of carbonyl (C=O) groups is 1. The molecule has 5 heteroatoms. The highest BCUT2D eigenvalue weighted by Crippen LogP contribution is 2.13. The third kappa shape index (κ3) is 2.40. The van der Waals surface area contributed by atoms with Crippen molar-refractivity contribution in [3.8, 4) is 0 Å². The Hall–Kier alpha value is -2.17. The van der Waals surface area contributed by atoms with Crippen molar-refractivity contribution in [3.05, 3.63) is 53.4 Å². The van der Waals surface area contributed by atoms with Crippen LogP contribution in [0.2, 0.25) is 0 Å². The number of carboxylic acids is 1. The summed E-state index contributed by atoms with van der Waals surface area (Å²) in [7, 11) is 1.63. The molecule has 4 nitrogen and oxygen atoms in total. The molecule has 1 aromatic carbocycles. The minimum absolute atomic E-state index is 0.159. The number of aromatic carboxylic acids is 1. The number of halogens is 1. The van der Waals surface area contributed by atoms with Crippen LogP contribution in [-0.2, 0) is 19.9 Å². The summed E-state index contributed by atoms with van der Waals surface area (Å²) >= 11 is 0. The smallest absolute Gasteiger partial charge is 0.354 e. The van der Waals surface area contributed by atoms with Gasteiger partial charge in [-0.1, -0.05) is 18.2 Å². The van der Waals surface area contributed by atoms with E-state index in [-0.39, 0.29) is 11.5 Å². The van der Waals surface area contributed by atoms with Crippen LogP contribution < -0.4 is 0 Å². The molecular formula is C13H13FN2O2. The van der Waals surface area contributed by atoms with Gasteiger partial charge in [-0.05, 0) is 24.5 Å². The zero-order valence-corrected chi connectivity index (χ0v) is 9.93. The minimum atomic E-state index is -1.02. The molecule has 0 aliphatic rings. The Bertz CT molecular complexity index is 578. The number of nitrogens with zero attached hydrogens (tertiary/aromatic N) is 2. The summed E-state index contributed by atoms with van der Waals surface area (Å²) in [6.07, 6.45) is 2.30. The van der Waals surface area contributed by atoms with E-state index in [1.807, 2.05) is 0 Å². The van der Waals surface area contributed by atoms with Gasteiger partial charge in [0.2, 0.25) is 0 Å². The maximum absolute atomic E-state index is 13.4. The van der Waals surface area contributed by atoms with E-state index in [4.69, 9.17) is 5.11 Å². The molecule has 2 aromatic rings. The van der Waals surface area contributed by atoms with Gasteiger partial charge in [-0.25, -0.2) is 14.2 Å². The van der Waals surface area contributed by atoms with Crippen LogP contribution in [0.1, 0.15) is 21.7 Å². The molecule has 0 aliphatic heterocycles. The first-order chi connectivity index (χ1) is 8.59. The first-order valence-electron chi connectivity index (χ1n) is 5.56. The highest BCUT2D eigenvalue weighted by Gasteiger charge is 2.16. The topological polar surface area (TPSA) is 55.1 Å². The van der Waals surface area contributed by atoms with Crippen molar-refractivity contribution in [2.24, 2.45) is 7.05 Å². The van der Waals surface area contributed by atoms with E-state index in [0.29, 0.717) is 24.1 Å². The lowest BCUT2D eigenvalue weighted by molar-refractivity contribution is 0.0685. The Labute approximate surface area is 104 Å². The average molecular weight is 248 g/mol. The number of rotatable bonds is 4. The normalized spacial score (nSPS) is 10.6. The van der Waals surface area contributed by atoms with Crippen molar-refractivity contribution in [2.75, 3.05) is 0 Å². The third-order valence-corrected chi connectivity index (χ3v) is 2.80. The Balaban J connectivity index is 2.16. The summed E-state index contributed by atoms with van der Waals surface area (Å²) in [5.74, 6) is -1.29. The first-order valence-corrected chi connectivity index (χ1v) is 5.56. The summed E-state index contributed by atoms with van der Waals surface area (Å²) in [4.78, 5) is 15.1. The second kappa shape index (κ2) is 5.00. The van der Waals surface area contributed by atoms with Gasteiger partial charge in [0.1, 0.15) is 11.5 Å². The molecule has 2 rings (SSSR count). The summed E-state index contributed by atoms with van der Waals surface area (Å²) < 4.78 is 14.9. The quantitative estimate of drug-likeness (QED) is 0.900. The van der Waals surface area contributed by atoms with Gasteiger partial charge in [-0.2, -0.15) is 0 Å². The fourth-order valence-electron chi connectivity index (χ4n) is 1.89. The molecule has 0 unspecified atom stereocenters. The van der Waals surface area contributed by atoms with Crippen molar-refractivity contribution in [2.45, 2.75) is 12.8 Å². The molecule has 0 aliphatic carbocycles. The fraction of sp³-hybridized carbons (Fsp3) is 0.231. The molecule has 1 aromatic heterocycles. The van der Waals surface area contributed by atoms with E-state index >= 15 is 0 Å². The fourth-order valence-corrected chi connectivity index (χ4v) is 1.89. The van der Waals surface area contributed by atoms with Gasteiger partial charge in [0, 0.05) is 7.05 Å². The number of carboxylic acid groups (broad SMARTS) is 1. The highest BCUT2D eigenvalue weighted by molar-refractivity contribution is 5.87. The van der Waals surface area contributed by atoms with E-state index in [9.17, 15) is 9.18 Å². The van der Waals surface area contributed by atoms with Crippen molar-refractivity contribution < 1.29 is 14.3 Å². The molecule has 1 N–H and O–H groups in total. The number of aromatic nitrogens is 2. The summed E-state index contributed by atoms with van der Waals surface area (Å²) in [6, 6.07) is 6.47. The molecule has 0 amide bonds. The minimum Gasteiger partial charge on any atom is -0.477 e. The van der Waals surface area contributed by atoms with Crippen LogP contribution in [0.3, 0.4) is 0 Å². The lowest BCUT2D eigenvalue weighted by atomic mass is 10.1. The number of benzene rings is 1. The molecule has 1 heterocycles. The lowest BCUT2D eigenvalue weighted by Gasteiger charge is -2.03. The van der Waals surface area contributed by atoms with Gasteiger partial charge < -0.3 is 9.67 Å². The summed E-state index contributed by atoms with van der Waals surface area (Å²) in [5.41, 5.74) is 1.21. The van der Waals surface area contributed by atoms with Gasteiger partial charge in [0.15, 0.2) is 0 Å². The summed E-state index contributed by atoms with van der Waals surface area (Å²) in [5, 5.41) is 9.05. The molecule has 0 bridgehead atoms. The van der Waals surface area contributed by atoms with Crippen LogP contribution in [0.15, 0.2) is 30.6 Å². The molecule has 0 saturated carbocycles. The second-order valence-corrected chi connectivity index (χ2v) is 4.05. The zero-order chi connectivity index (χ0) is 13.1. The Morgan fingerprint density at radius 3 is 2.78 bits per heavy atom. The van der Waals surface area contributed by atoms with Gasteiger partial charge >= 0.3 is 5.97 Å². The second-order valence-electron chi connectivity index (χ2n) is 4.05. The van der Waals surface area contributed by atoms with Crippen molar-refractivity contribution in [1.82, 2.24) is 9.55 Å².